The van der Waals surface area contributed by atoms with Crippen molar-refractivity contribution in [2.75, 3.05) is 12.4 Å². The molecule has 3 aromatic carbocycles. The van der Waals surface area contributed by atoms with E-state index in [1.54, 1.807) is 79.9 Å². The highest BCUT2D eigenvalue weighted by Gasteiger charge is 2.25. The molecule has 0 saturated heterocycles. The van der Waals surface area contributed by atoms with Crippen molar-refractivity contribution < 1.29 is 19.1 Å². The van der Waals surface area contributed by atoms with Crippen LogP contribution < -0.4 is 10.1 Å². The van der Waals surface area contributed by atoms with E-state index in [0.717, 1.165) is 5.56 Å². The first-order valence-corrected chi connectivity index (χ1v) is 9.37. The number of esters is 1. The van der Waals surface area contributed by atoms with E-state index in [1.807, 2.05) is 6.07 Å². The lowest BCUT2D eigenvalue weighted by molar-refractivity contribution is -0.154. The lowest BCUT2D eigenvalue weighted by atomic mass is 10.1. The molecular weight excluding hydrogens is 390 g/mol. The number of amides is 1. The number of nitrogens with one attached hydrogen (secondary N) is 1. The fraction of sp³-hybridized carbons (Fsp3) is 0.130. The summed E-state index contributed by atoms with van der Waals surface area (Å²) >= 11 is 5.87. The molecule has 0 aromatic heterocycles. The molecule has 3 aromatic rings. The van der Waals surface area contributed by atoms with Gasteiger partial charge in [-0.05, 0) is 42.0 Å². The van der Waals surface area contributed by atoms with Crippen LogP contribution >= 0.6 is 11.6 Å². The summed E-state index contributed by atoms with van der Waals surface area (Å²) < 4.78 is 10.7. The number of carbonyl (C=O) groups excluding carboxylic acids is 2. The molecular formula is C23H20ClNO4. The van der Waals surface area contributed by atoms with E-state index in [9.17, 15) is 9.59 Å². The van der Waals surface area contributed by atoms with Crippen LogP contribution in [0.15, 0.2) is 78.9 Å². The maximum absolute atomic E-state index is 12.9. The van der Waals surface area contributed by atoms with Gasteiger partial charge in [0.25, 0.3) is 5.91 Å². The molecule has 0 spiro atoms. The van der Waals surface area contributed by atoms with Crippen LogP contribution in [0.3, 0.4) is 0 Å². The van der Waals surface area contributed by atoms with Crippen molar-refractivity contribution in [3.8, 4) is 5.75 Å². The van der Waals surface area contributed by atoms with Crippen molar-refractivity contribution >= 4 is 29.2 Å². The van der Waals surface area contributed by atoms with Gasteiger partial charge in [0.05, 0.1) is 13.5 Å². The molecule has 6 heteroatoms. The first-order chi connectivity index (χ1) is 14.0. The van der Waals surface area contributed by atoms with Crippen LogP contribution in [0.5, 0.6) is 5.75 Å². The Kier molecular flexibility index (Phi) is 6.87. The minimum absolute atomic E-state index is 0.0380. The quantitative estimate of drug-likeness (QED) is 0.568. The average molecular weight is 410 g/mol. The minimum atomic E-state index is -1.07. The predicted octanol–water partition coefficient (Wildman–Crippen LogP) is 4.81. The molecule has 0 heterocycles. The van der Waals surface area contributed by atoms with E-state index in [0.29, 0.717) is 22.0 Å². The smallest absolute Gasteiger partial charge is 0.311 e. The Hall–Kier alpha value is -3.31. The number of rotatable bonds is 7. The first-order valence-electron chi connectivity index (χ1n) is 8.99. The van der Waals surface area contributed by atoms with E-state index in [-0.39, 0.29) is 6.42 Å². The van der Waals surface area contributed by atoms with Gasteiger partial charge in [-0.15, -0.1) is 0 Å². The monoisotopic (exact) mass is 409 g/mol. The summed E-state index contributed by atoms with van der Waals surface area (Å²) in [5.41, 5.74) is 1.91. The summed E-state index contributed by atoms with van der Waals surface area (Å²) in [5.74, 6) is -0.270. The van der Waals surface area contributed by atoms with Crippen LogP contribution in [0.25, 0.3) is 0 Å². The largest absolute Gasteiger partial charge is 0.497 e. The molecule has 1 amide bonds. The van der Waals surface area contributed by atoms with Crippen LogP contribution in [-0.2, 0) is 20.7 Å². The highest BCUT2D eigenvalue weighted by Crippen LogP contribution is 2.22. The van der Waals surface area contributed by atoms with Gasteiger partial charge in [-0.1, -0.05) is 54.1 Å². The van der Waals surface area contributed by atoms with Gasteiger partial charge < -0.3 is 14.8 Å². The Bertz CT molecular complexity index is 956. The number of methoxy groups -OCH3 is 1. The van der Waals surface area contributed by atoms with Crippen molar-refractivity contribution in [3.63, 3.8) is 0 Å². The molecule has 0 bridgehead atoms. The number of carbonyl (C=O) groups is 2. The molecule has 3 rings (SSSR count). The Morgan fingerprint density at radius 2 is 1.59 bits per heavy atom. The number of anilines is 1. The third kappa shape index (κ3) is 5.83. The Morgan fingerprint density at radius 1 is 0.931 bits per heavy atom. The fourth-order valence-corrected chi connectivity index (χ4v) is 2.85. The highest BCUT2D eigenvalue weighted by atomic mass is 35.5. The van der Waals surface area contributed by atoms with Gasteiger partial charge in [0.1, 0.15) is 5.75 Å². The van der Waals surface area contributed by atoms with Crippen LogP contribution in [0.2, 0.25) is 5.02 Å². The normalized spacial score (nSPS) is 11.4. The molecule has 0 unspecified atom stereocenters. The number of halogens is 1. The summed E-state index contributed by atoms with van der Waals surface area (Å²) in [4.78, 5) is 25.3. The van der Waals surface area contributed by atoms with E-state index in [1.165, 1.54) is 0 Å². The van der Waals surface area contributed by atoms with E-state index >= 15 is 0 Å². The van der Waals surface area contributed by atoms with Crippen LogP contribution in [0, 0.1) is 0 Å². The number of benzene rings is 3. The SMILES string of the molecule is COc1ccc(NC(=O)[C@@H](OC(=O)Cc2ccc(Cl)cc2)c2ccccc2)cc1. The third-order valence-electron chi connectivity index (χ3n) is 4.21. The zero-order valence-corrected chi connectivity index (χ0v) is 16.6. The zero-order chi connectivity index (χ0) is 20.6. The van der Waals surface area contributed by atoms with Crippen molar-refractivity contribution in [3.05, 3.63) is 95.0 Å². The molecule has 148 valence electrons. The topological polar surface area (TPSA) is 64.6 Å². The van der Waals surface area contributed by atoms with Crippen molar-refractivity contribution in [1.82, 2.24) is 0 Å². The second-order valence-corrected chi connectivity index (χ2v) is 6.74. The summed E-state index contributed by atoms with van der Waals surface area (Å²) in [6.07, 6.45) is -1.03. The van der Waals surface area contributed by atoms with Gasteiger partial charge >= 0.3 is 5.97 Å². The number of hydrogen-bond donors (Lipinski definition) is 1. The summed E-state index contributed by atoms with van der Waals surface area (Å²) in [6.45, 7) is 0. The predicted molar refractivity (Wildman–Crippen MR) is 112 cm³/mol. The molecule has 29 heavy (non-hydrogen) atoms. The molecule has 1 atom stereocenters. The number of hydrogen-bond acceptors (Lipinski definition) is 4. The van der Waals surface area contributed by atoms with Gasteiger partial charge in [-0.3, -0.25) is 9.59 Å². The summed E-state index contributed by atoms with van der Waals surface area (Å²) in [5, 5.41) is 3.37. The maximum Gasteiger partial charge on any atom is 0.311 e. The van der Waals surface area contributed by atoms with Gasteiger partial charge in [0.15, 0.2) is 0 Å². The second kappa shape index (κ2) is 9.75. The van der Waals surface area contributed by atoms with Gasteiger partial charge in [-0.2, -0.15) is 0 Å². The van der Waals surface area contributed by atoms with E-state index in [2.05, 4.69) is 5.32 Å². The molecule has 0 saturated carbocycles. The minimum Gasteiger partial charge on any atom is -0.497 e. The van der Waals surface area contributed by atoms with Crippen LogP contribution in [0.1, 0.15) is 17.2 Å². The zero-order valence-electron chi connectivity index (χ0n) is 15.8. The molecule has 1 N–H and O–H groups in total. The lowest BCUT2D eigenvalue weighted by Gasteiger charge is -2.18. The molecule has 0 radical (unpaired) electrons. The summed E-state index contributed by atoms with van der Waals surface area (Å²) in [6, 6.07) is 22.7. The fourth-order valence-electron chi connectivity index (χ4n) is 2.72. The van der Waals surface area contributed by atoms with Crippen molar-refractivity contribution in [2.24, 2.45) is 0 Å². The average Bonchev–Trinajstić information content (AvgIpc) is 2.75. The maximum atomic E-state index is 12.9. The Balaban J connectivity index is 1.74. The molecule has 0 aliphatic rings. The van der Waals surface area contributed by atoms with Gasteiger partial charge in [-0.25, -0.2) is 0 Å². The molecule has 0 fully saturated rings. The second-order valence-electron chi connectivity index (χ2n) is 6.30. The van der Waals surface area contributed by atoms with Gasteiger partial charge in [0.2, 0.25) is 6.10 Å². The Labute approximate surface area is 174 Å². The Morgan fingerprint density at radius 3 is 2.21 bits per heavy atom. The molecule has 0 aliphatic carbocycles. The van der Waals surface area contributed by atoms with Crippen LogP contribution in [0.4, 0.5) is 5.69 Å². The lowest BCUT2D eigenvalue weighted by Crippen LogP contribution is -2.26. The molecule has 0 aliphatic heterocycles. The van der Waals surface area contributed by atoms with Gasteiger partial charge in [0, 0.05) is 16.3 Å². The third-order valence-corrected chi connectivity index (χ3v) is 4.46. The van der Waals surface area contributed by atoms with E-state index in [4.69, 9.17) is 21.1 Å². The molecule has 5 nitrogen and oxygen atoms in total. The van der Waals surface area contributed by atoms with E-state index < -0.39 is 18.0 Å². The van der Waals surface area contributed by atoms with Crippen molar-refractivity contribution in [1.29, 1.82) is 0 Å². The van der Waals surface area contributed by atoms with Crippen LogP contribution in [-0.4, -0.2) is 19.0 Å². The number of ether oxygens (including phenoxy) is 2. The standard InChI is InChI=1S/C23H20ClNO4/c1-28-20-13-11-19(12-14-20)25-23(27)22(17-5-3-2-4-6-17)29-21(26)15-16-7-9-18(24)10-8-16/h2-14,22H,15H2,1H3,(H,25,27)/t22-/m0/s1. The highest BCUT2D eigenvalue weighted by molar-refractivity contribution is 6.30. The first kappa shape index (κ1) is 20.4. The van der Waals surface area contributed by atoms with Crippen molar-refractivity contribution in [2.45, 2.75) is 12.5 Å². The summed E-state index contributed by atoms with van der Waals surface area (Å²) in [7, 11) is 1.57.